The number of nitrogens with one attached hydrogen (secondary N) is 1. The van der Waals surface area contributed by atoms with E-state index in [9.17, 15) is 0 Å². The van der Waals surface area contributed by atoms with Gasteiger partial charge in [0.2, 0.25) is 0 Å². The molecule has 3 atom stereocenters. The van der Waals surface area contributed by atoms with Crippen LogP contribution in [0.15, 0.2) is 18.2 Å². The van der Waals surface area contributed by atoms with Gasteiger partial charge in [-0.2, -0.15) is 0 Å². The van der Waals surface area contributed by atoms with Crippen LogP contribution in [-0.4, -0.2) is 25.4 Å². The fraction of sp³-hybridized carbons (Fsp3) is 0.647. The van der Waals surface area contributed by atoms with Gasteiger partial charge in [-0.3, -0.25) is 0 Å². The summed E-state index contributed by atoms with van der Waals surface area (Å²) < 4.78 is 11.6. The smallest absolute Gasteiger partial charge is 0.138 e. The lowest BCUT2D eigenvalue weighted by atomic mass is 10.1. The number of halogens is 1. The van der Waals surface area contributed by atoms with Crippen molar-refractivity contribution in [3.63, 3.8) is 0 Å². The van der Waals surface area contributed by atoms with Gasteiger partial charge in [-0.25, -0.2) is 0 Å². The molecule has 1 heterocycles. The Hall–Kier alpha value is -0.770. The summed E-state index contributed by atoms with van der Waals surface area (Å²) in [5, 5.41) is 4.13. The molecule has 4 heteroatoms. The second kappa shape index (κ2) is 8.02. The topological polar surface area (TPSA) is 30.5 Å². The van der Waals surface area contributed by atoms with Crippen molar-refractivity contribution in [3.8, 4) is 5.75 Å². The van der Waals surface area contributed by atoms with Gasteiger partial charge in [-0.05, 0) is 57.4 Å². The van der Waals surface area contributed by atoms with E-state index in [1.807, 2.05) is 12.1 Å². The SMILES string of the molecule is CCCNC(C)c1ccc(OCC2CCC(C)O2)c(Cl)c1. The van der Waals surface area contributed by atoms with Crippen LogP contribution in [-0.2, 0) is 4.74 Å². The first-order chi connectivity index (χ1) is 10.1. The predicted molar refractivity (Wildman–Crippen MR) is 87.2 cm³/mol. The molecule has 3 unspecified atom stereocenters. The molecule has 0 spiro atoms. The Labute approximate surface area is 133 Å². The maximum atomic E-state index is 6.33. The normalized spacial score (nSPS) is 23.2. The Balaban J connectivity index is 1.89. The van der Waals surface area contributed by atoms with Gasteiger partial charge in [-0.1, -0.05) is 24.6 Å². The van der Waals surface area contributed by atoms with Crippen LogP contribution in [0.3, 0.4) is 0 Å². The molecular weight excluding hydrogens is 286 g/mol. The predicted octanol–water partition coefficient (Wildman–Crippen LogP) is 4.35. The van der Waals surface area contributed by atoms with Gasteiger partial charge >= 0.3 is 0 Å². The molecule has 1 N–H and O–H groups in total. The van der Waals surface area contributed by atoms with Crippen molar-refractivity contribution >= 4 is 11.6 Å². The fourth-order valence-electron chi connectivity index (χ4n) is 2.57. The Morgan fingerprint density at radius 3 is 2.86 bits per heavy atom. The van der Waals surface area contributed by atoms with Crippen molar-refractivity contribution in [2.24, 2.45) is 0 Å². The van der Waals surface area contributed by atoms with Gasteiger partial charge in [0, 0.05) is 6.04 Å². The largest absolute Gasteiger partial charge is 0.489 e. The lowest BCUT2D eigenvalue weighted by molar-refractivity contribution is 0.0265. The minimum Gasteiger partial charge on any atom is -0.489 e. The number of ether oxygens (including phenoxy) is 2. The molecule has 1 aromatic rings. The molecule has 2 rings (SSSR count). The van der Waals surface area contributed by atoms with Gasteiger partial charge in [0.05, 0.1) is 17.2 Å². The third-order valence-corrected chi connectivity index (χ3v) is 4.20. The molecule has 3 nitrogen and oxygen atoms in total. The molecule has 0 aromatic heterocycles. The molecule has 21 heavy (non-hydrogen) atoms. The van der Waals surface area contributed by atoms with Crippen molar-refractivity contribution in [1.29, 1.82) is 0 Å². The van der Waals surface area contributed by atoms with Crippen LogP contribution in [0.4, 0.5) is 0 Å². The molecule has 0 bridgehead atoms. The Morgan fingerprint density at radius 1 is 1.43 bits per heavy atom. The van der Waals surface area contributed by atoms with Crippen molar-refractivity contribution in [3.05, 3.63) is 28.8 Å². The van der Waals surface area contributed by atoms with Gasteiger partial charge in [0.1, 0.15) is 12.4 Å². The number of hydrogen-bond acceptors (Lipinski definition) is 3. The van der Waals surface area contributed by atoms with Crippen LogP contribution in [0.2, 0.25) is 5.02 Å². The summed E-state index contributed by atoms with van der Waals surface area (Å²) >= 11 is 6.33. The van der Waals surface area contributed by atoms with Gasteiger partial charge in [-0.15, -0.1) is 0 Å². The molecule has 118 valence electrons. The van der Waals surface area contributed by atoms with Crippen LogP contribution in [0, 0.1) is 0 Å². The first kappa shape index (κ1) is 16.6. The van der Waals surface area contributed by atoms with Crippen LogP contribution in [0.1, 0.15) is 51.6 Å². The monoisotopic (exact) mass is 311 g/mol. The van der Waals surface area contributed by atoms with Crippen LogP contribution in [0.5, 0.6) is 5.75 Å². The Bertz CT molecular complexity index is 452. The van der Waals surface area contributed by atoms with Crippen LogP contribution >= 0.6 is 11.6 Å². The fourth-order valence-corrected chi connectivity index (χ4v) is 2.82. The molecule has 1 aliphatic heterocycles. The Kier molecular flexibility index (Phi) is 6.34. The highest BCUT2D eigenvalue weighted by Crippen LogP contribution is 2.29. The van der Waals surface area contributed by atoms with E-state index in [1.165, 1.54) is 5.56 Å². The Morgan fingerprint density at radius 2 is 2.24 bits per heavy atom. The highest BCUT2D eigenvalue weighted by atomic mass is 35.5. The van der Waals surface area contributed by atoms with Crippen molar-refractivity contribution in [2.45, 2.75) is 58.3 Å². The average molecular weight is 312 g/mol. The van der Waals surface area contributed by atoms with E-state index in [2.05, 4.69) is 32.2 Å². The zero-order chi connectivity index (χ0) is 15.2. The molecule has 0 radical (unpaired) electrons. The van der Waals surface area contributed by atoms with Crippen LogP contribution in [0.25, 0.3) is 0 Å². The second-order valence-corrected chi connectivity index (χ2v) is 6.23. The summed E-state index contributed by atoms with van der Waals surface area (Å²) in [6, 6.07) is 6.32. The molecule has 1 saturated heterocycles. The molecule has 1 fully saturated rings. The number of benzene rings is 1. The van der Waals surface area contributed by atoms with E-state index in [0.29, 0.717) is 23.8 Å². The number of rotatable bonds is 7. The zero-order valence-corrected chi connectivity index (χ0v) is 14.0. The van der Waals surface area contributed by atoms with E-state index < -0.39 is 0 Å². The quantitative estimate of drug-likeness (QED) is 0.812. The molecule has 0 amide bonds. The molecule has 0 saturated carbocycles. The summed E-state index contributed by atoms with van der Waals surface area (Å²) in [5.74, 6) is 0.742. The van der Waals surface area contributed by atoms with E-state index in [1.54, 1.807) is 0 Å². The second-order valence-electron chi connectivity index (χ2n) is 5.82. The first-order valence-electron chi connectivity index (χ1n) is 7.91. The molecular formula is C17H26ClNO2. The van der Waals surface area contributed by atoms with Gasteiger partial charge in [0.15, 0.2) is 0 Å². The average Bonchev–Trinajstić information content (AvgIpc) is 2.89. The van der Waals surface area contributed by atoms with Crippen molar-refractivity contribution in [1.82, 2.24) is 5.32 Å². The summed E-state index contributed by atoms with van der Waals surface area (Å²) in [7, 11) is 0. The highest BCUT2D eigenvalue weighted by Gasteiger charge is 2.22. The van der Waals surface area contributed by atoms with E-state index >= 15 is 0 Å². The maximum absolute atomic E-state index is 6.33. The standard InChI is InChI=1S/C17H26ClNO2/c1-4-9-19-13(3)14-6-8-17(16(18)10-14)20-11-15-7-5-12(2)21-15/h6,8,10,12-13,15,19H,4-5,7,9,11H2,1-3H3. The molecule has 1 aromatic carbocycles. The summed E-state index contributed by atoms with van der Waals surface area (Å²) in [4.78, 5) is 0. The van der Waals surface area contributed by atoms with Crippen molar-refractivity contribution < 1.29 is 9.47 Å². The maximum Gasteiger partial charge on any atom is 0.138 e. The van der Waals surface area contributed by atoms with Crippen LogP contribution < -0.4 is 10.1 Å². The summed E-state index contributed by atoms with van der Waals surface area (Å²) in [5.41, 5.74) is 1.19. The van der Waals surface area contributed by atoms with E-state index in [4.69, 9.17) is 21.1 Å². The number of hydrogen-bond donors (Lipinski definition) is 1. The lowest BCUT2D eigenvalue weighted by Gasteiger charge is -2.17. The van der Waals surface area contributed by atoms with Gasteiger partial charge in [0.25, 0.3) is 0 Å². The molecule has 0 aliphatic carbocycles. The summed E-state index contributed by atoms with van der Waals surface area (Å²) in [6.07, 6.45) is 3.85. The minimum absolute atomic E-state index is 0.195. The highest BCUT2D eigenvalue weighted by molar-refractivity contribution is 6.32. The van der Waals surface area contributed by atoms with E-state index in [0.717, 1.165) is 31.6 Å². The summed E-state index contributed by atoms with van der Waals surface area (Å²) in [6.45, 7) is 8.00. The molecule has 1 aliphatic rings. The van der Waals surface area contributed by atoms with Gasteiger partial charge < -0.3 is 14.8 Å². The first-order valence-corrected chi connectivity index (χ1v) is 8.29. The minimum atomic E-state index is 0.195. The third kappa shape index (κ3) is 4.87. The van der Waals surface area contributed by atoms with Crippen molar-refractivity contribution in [2.75, 3.05) is 13.2 Å². The lowest BCUT2D eigenvalue weighted by Crippen LogP contribution is -2.19. The zero-order valence-electron chi connectivity index (χ0n) is 13.2. The van der Waals surface area contributed by atoms with E-state index in [-0.39, 0.29) is 6.10 Å². The third-order valence-electron chi connectivity index (χ3n) is 3.90.